The maximum atomic E-state index is 14.0. The monoisotopic (exact) mass is 674 g/mol. The molecule has 0 saturated heterocycles. The van der Waals surface area contributed by atoms with Crippen molar-refractivity contribution in [3.05, 3.63) is 114 Å². The fourth-order valence-electron chi connectivity index (χ4n) is 7.28. The van der Waals surface area contributed by atoms with Gasteiger partial charge < -0.3 is 30.9 Å². The number of benzene rings is 4. The molecule has 0 aliphatic heterocycles. The van der Waals surface area contributed by atoms with E-state index < -0.39 is 6.04 Å². The summed E-state index contributed by atoms with van der Waals surface area (Å²) in [6.07, 6.45) is 11.2. The fraction of sp³-hybridized carbons (Fsp3) is 0.390. The normalized spacial score (nSPS) is 14.8. The number of carbonyl (C=O) groups is 2. The molecule has 5 N–H and O–H groups in total. The van der Waals surface area contributed by atoms with E-state index in [1.54, 1.807) is 6.20 Å². The number of rotatable bonds is 16. The Bertz CT molecular complexity index is 1880. The number of nitrogens with one attached hydrogen (secondary N) is 4. The van der Waals surface area contributed by atoms with Crippen LogP contribution in [-0.2, 0) is 24.4 Å². The van der Waals surface area contributed by atoms with E-state index in [1.807, 2.05) is 72.3 Å². The lowest BCUT2D eigenvalue weighted by atomic mass is 9.95. The average molecular weight is 675 g/mol. The molecule has 50 heavy (non-hydrogen) atoms. The van der Waals surface area contributed by atoms with Crippen LogP contribution in [0.2, 0.25) is 0 Å². The first kappa shape index (κ1) is 35.3. The number of hydrogen-bond donors (Lipinski definition) is 5. The van der Waals surface area contributed by atoms with E-state index in [1.165, 1.54) is 32.1 Å². The summed E-state index contributed by atoms with van der Waals surface area (Å²) in [5, 5.41) is 26.9. The number of aliphatic hydroxyl groups is 1. The number of imidazole rings is 1. The summed E-state index contributed by atoms with van der Waals surface area (Å²) < 4.78 is 1.93. The maximum absolute atomic E-state index is 14.0. The zero-order valence-electron chi connectivity index (χ0n) is 29.0. The van der Waals surface area contributed by atoms with Gasteiger partial charge in [-0.2, -0.15) is 0 Å². The van der Waals surface area contributed by atoms with Crippen molar-refractivity contribution in [3.8, 4) is 0 Å². The molecule has 5 aromatic rings. The Balaban J connectivity index is 1.16. The summed E-state index contributed by atoms with van der Waals surface area (Å²) in [4.78, 5) is 32.4. The highest BCUT2D eigenvalue weighted by molar-refractivity contribution is 6.09. The highest BCUT2D eigenvalue weighted by atomic mass is 16.3. The molecule has 9 heteroatoms. The van der Waals surface area contributed by atoms with Crippen LogP contribution in [-0.4, -0.2) is 51.7 Å². The van der Waals surface area contributed by atoms with Crippen LogP contribution in [0, 0.1) is 0 Å². The molecule has 0 radical (unpaired) electrons. The maximum Gasteiger partial charge on any atom is 0.252 e. The summed E-state index contributed by atoms with van der Waals surface area (Å²) in [6, 6.07) is 25.7. The Kier molecular flexibility index (Phi) is 12.3. The molecule has 6 rings (SSSR count). The SMILES string of the molecule is C[C@H](NC(=O)[C@H](CCCNC1CCCCC1)NC(=O)c1ccc(CNCc2nccn2CCO)c2ccccc12)c1cccc2ccccc12. The minimum Gasteiger partial charge on any atom is -0.395 e. The van der Waals surface area contributed by atoms with Crippen LogP contribution < -0.4 is 21.3 Å². The van der Waals surface area contributed by atoms with Crippen LogP contribution >= 0.6 is 0 Å². The number of fused-ring (bicyclic) bond motifs is 2. The highest BCUT2D eigenvalue weighted by Crippen LogP contribution is 2.26. The molecule has 1 saturated carbocycles. The van der Waals surface area contributed by atoms with Gasteiger partial charge in [0.05, 0.1) is 19.2 Å². The third kappa shape index (κ3) is 8.77. The summed E-state index contributed by atoms with van der Waals surface area (Å²) >= 11 is 0. The van der Waals surface area contributed by atoms with Gasteiger partial charge in [0.2, 0.25) is 5.91 Å². The Hall–Kier alpha value is -4.57. The first-order valence-electron chi connectivity index (χ1n) is 18.2. The van der Waals surface area contributed by atoms with E-state index in [-0.39, 0.29) is 24.5 Å². The van der Waals surface area contributed by atoms with E-state index in [0.717, 1.165) is 51.5 Å². The van der Waals surface area contributed by atoms with Crippen LogP contribution in [0.5, 0.6) is 0 Å². The van der Waals surface area contributed by atoms with Crippen LogP contribution in [0.1, 0.15) is 85.2 Å². The molecule has 1 fully saturated rings. The van der Waals surface area contributed by atoms with Gasteiger partial charge in [-0.1, -0.05) is 92.1 Å². The summed E-state index contributed by atoms with van der Waals surface area (Å²) in [5.41, 5.74) is 2.65. The van der Waals surface area contributed by atoms with Gasteiger partial charge in [0, 0.05) is 37.1 Å². The Morgan fingerprint density at radius 3 is 2.46 bits per heavy atom. The fourth-order valence-corrected chi connectivity index (χ4v) is 7.28. The largest absolute Gasteiger partial charge is 0.395 e. The van der Waals surface area contributed by atoms with Crippen LogP contribution in [0.3, 0.4) is 0 Å². The van der Waals surface area contributed by atoms with Gasteiger partial charge in [-0.25, -0.2) is 4.98 Å². The van der Waals surface area contributed by atoms with E-state index in [9.17, 15) is 14.7 Å². The molecule has 2 atom stereocenters. The number of aliphatic hydroxyl groups excluding tert-OH is 1. The van der Waals surface area contributed by atoms with E-state index in [4.69, 9.17) is 0 Å². The van der Waals surface area contributed by atoms with Crippen molar-refractivity contribution < 1.29 is 14.7 Å². The lowest BCUT2D eigenvalue weighted by Gasteiger charge is -2.25. The van der Waals surface area contributed by atoms with Crippen LogP contribution in [0.4, 0.5) is 0 Å². The highest BCUT2D eigenvalue weighted by Gasteiger charge is 2.25. The van der Waals surface area contributed by atoms with Gasteiger partial charge >= 0.3 is 0 Å². The second-order valence-electron chi connectivity index (χ2n) is 13.4. The molecule has 1 heterocycles. The number of amides is 2. The molecule has 9 nitrogen and oxygen atoms in total. The summed E-state index contributed by atoms with van der Waals surface area (Å²) in [7, 11) is 0. The van der Waals surface area contributed by atoms with Gasteiger partial charge in [-0.3, -0.25) is 9.59 Å². The summed E-state index contributed by atoms with van der Waals surface area (Å²) in [5.74, 6) is 0.415. The number of hydrogen-bond acceptors (Lipinski definition) is 6. The van der Waals surface area contributed by atoms with Crippen LogP contribution in [0.25, 0.3) is 21.5 Å². The Morgan fingerprint density at radius 2 is 1.64 bits per heavy atom. The third-order valence-corrected chi connectivity index (χ3v) is 9.98. The van der Waals surface area contributed by atoms with Crippen molar-refractivity contribution in [2.45, 2.75) is 89.6 Å². The zero-order valence-corrected chi connectivity index (χ0v) is 29.0. The minimum absolute atomic E-state index is 0.0562. The topological polar surface area (TPSA) is 120 Å². The molecular weight excluding hydrogens is 624 g/mol. The molecule has 1 aromatic heterocycles. The van der Waals surface area contributed by atoms with Crippen molar-refractivity contribution in [1.29, 1.82) is 0 Å². The molecule has 4 aromatic carbocycles. The number of carbonyl (C=O) groups excluding carboxylic acids is 2. The third-order valence-electron chi connectivity index (χ3n) is 9.98. The smallest absolute Gasteiger partial charge is 0.252 e. The lowest BCUT2D eigenvalue weighted by molar-refractivity contribution is -0.123. The summed E-state index contributed by atoms with van der Waals surface area (Å²) in [6.45, 7) is 4.51. The first-order chi connectivity index (χ1) is 24.5. The second kappa shape index (κ2) is 17.4. The van der Waals surface area contributed by atoms with Gasteiger partial charge in [0.15, 0.2) is 0 Å². The molecule has 1 aliphatic carbocycles. The molecule has 0 unspecified atom stereocenters. The molecule has 0 bridgehead atoms. The van der Waals surface area contributed by atoms with E-state index in [2.05, 4.69) is 50.5 Å². The molecule has 2 amide bonds. The number of nitrogens with zero attached hydrogens (tertiary/aromatic N) is 2. The quantitative estimate of drug-likeness (QED) is 0.0802. The van der Waals surface area contributed by atoms with Crippen molar-refractivity contribution >= 4 is 33.4 Å². The van der Waals surface area contributed by atoms with Gasteiger partial charge in [0.1, 0.15) is 11.9 Å². The van der Waals surface area contributed by atoms with E-state index in [0.29, 0.717) is 37.7 Å². The van der Waals surface area contributed by atoms with Crippen molar-refractivity contribution in [2.24, 2.45) is 0 Å². The van der Waals surface area contributed by atoms with Gasteiger partial charge in [-0.05, 0) is 77.9 Å². The number of aromatic nitrogens is 2. The van der Waals surface area contributed by atoms with Gasteiger partial charge in [-0.15, -0.1) is 0 Å². The predicted molar refractivity (Wildman–Crippen MR) is 200 cm³/mol. The minimum atomic E-state index is -0.684. The average Bonchev–Trinajstić information content (AvgIpc) is 3.59. The van der Waals surface area contributed by atoms with Crippen molar-refractivity contribution in [3.63, 3.8) is 0 Å². The molecule has 0 spiro atoms. The molecular formula is C41H50N6O3. The standard InChI is InChI=1S/C41H50N6O3/c1-29(33-18-9-12-30-11-5-6-15-34(30)33)45-41(50)38(19-10-22-43-32-13-3-2-4-14-32)46-40(49)37-21-20-31(35-16-7-8-17-36(35)37)27-42-28-39-44-23-24-47(39)25-26-48/h5-9,11-12,15-18,20-21,23-24,29,32,38,42-43,48H,2-4,10,13-14,19,22,25-28H2,1H3,(H,45,50)(H,46,49)/t29-,38-/m0/s1. The van der Waals surface area contributed by atoms with Crippen molar-refractivity contribution in [1.82, 2.24) is 30.8 Å². The van der Waals surface area contributed by atoms with Crippen LogP contribution in [0.15, 0.2) is 91.3 Å². The molecule has 1 aliphatic rings. The zero-order chi connectivity index (χ0) is 34.7. The lowest BCUT2D eigenvalue weighted by Crippen LogP contribution is -2.47. The Labute approximate surface area is 294 Å². The van der Waals surface area contributed by atoms with Crippen molar-refractivity contribution in [2.75, 3.05) is 13.2 Å². The van der Waals surface area contributed by atoms with Gasteiger partial charge in [0.25, 0.3) is 5.91 Å². The predicted octanol–water partition coefficient (Wildman–Crippen LogP) is 6.15. The first-order valence-corrected chi connectivity index (χ1v) is 18.2. The van der Waals surface area contributed by atoms with E-state index >= 15 is 0 Å². The Morgan fingerprint density at radius 1 is 0.880 bits per heavy atom. The second-order valence-corrected chi connectivity index (χ2v) is 13.4. The molecule has 262 valence electrons.